The highest BCUT2D eigenvalue weighted by Crippen LogP contribution is 2.34. The van der Waals surface area contributed by atoms with Crippen molar-refractivity contribution in [2.24, 2.45) is 0 Å². The predicted octanol–water partition coefficient (Wildman–Crippen LogP) is 3.38. The molecule has 4 heteroatoms. The molecule has 0 amide bonds. The van der Waals surface area contributed by atoms with Crippen LogP contribution in [0.15, 0.2) is 30.3 Å². The summed E-state index contributed by atoms with van der Waals surface area (Å²) in [6.45, 7) is 0. The molecule has 1 aromatic heterocycles. The lowest BCUT2D eigenvalue weighted by Crippen LogP contribution is -1.87. The number of aldehydes is 1. The van der Waals surface area contributed by atoms with Gasteiger partial charge in [-0.25, -0.2) is 4.39 Å². The van der Waals surface area contributed by atoms with Gasteiger partial charge in [-0.2, -0.15) is 0 Å². The van der Waals surface area contributed by atoms with E-state index >= 15 is 0 Å². The Kier molecular flexibility index (Phi) is 3.01. The van der Waals surface area contributed by atoms with Crippen LogP contribution in [-0.4, -0.2) is 13.4 Å². The van der Waals surface area contributed by atoms with Crippen molar-refractivity contribution in [1.29, 1.82) is 0 Å². The number of thiophene rings is 1. The average Bonchev–Trinajstić information content (AvgIpc) is 2.77. The zero-order valence-electron chi connectivity index (χ0n) is 8.57. The van der Waals surface area contributed by atoms with Crippen LogP contribution in [-0.2, 0) is 0 Å². The summed E-state index contributed by atoms with van der Waals surface area (Å²) in [6.07, 6.45) is 0.778. The highest BCUT2D eigenvalue weighted by atomic mass is 32.1. The Morgan fingerprint density at radius 3 is 2.75 bits per heavy atom. The summed E-state index contributed by atoms with van der Waals surface area (Å²) in [7, 11) is 1.53. The van der Waals surface area contributed by atoms with Gasteiger partial charge in [-0.05, 0) is 30.3 Å². The molecule has 0 bridgehead atoms. The molecule has 0 fully saturated rings. The molecule has 2 aromatic rings. The molecule has 0 atom stereocenters. The number of carbonyl (C=O) groups excluding carboxylic acids is 1. The summed E-state index contributed by atoms with van der Waals surface area (Å²) in [5.74, 6) is 0.276. The largest absolute Gasteiger partial charge is 0.496 e. The van der Waals surface area contributed by atoms with Crippen molar-refractivity contribution in [1.82, 2.24) is 0 Å². The van der Waals surface area contributed by atoms with Crippen LogP contribution < -0.4 is 4.74 Å². The fourth-order valence-corrected chi connectivity index (χ4v) is 2.28. The number of methoxy groups -OCH3 is 1. The molecule has 0 unspecified atom stereocenters. The van der Waals surface area contributed by atoms with E-state index in [1.54, 1.807) is 18.2 Å². The van der Waals surface area contributed by atoms with Crippen LogP contribution in [0.1, 0.15) is 9.67 Å². The monoisotopic (exact) mass is 236 g/mol. The predicted molar refractivity (Wildman–Crippen MR) is 61.7 cm³/mol. The maximum atomic E-state index is 13.1. The highest BCUT2D eigenvalue weighted by molar-refractivity contribution is 7.17. The normalized spacial score (nSPS) is 10.1. The van der Waals surface area contributed by atoms with Gasteiger partial charge in [0.25, 0.3) is 0 Å². The van der Waals surface area contributed by atoms with Gasteiger partial charge >= 0.3 is 0 Å². The van der Waals surface area contributed by atoms with Crippen molar-refractivity contribution < 1.29 is 13.9 Å². The molecule has 0 aliphatic carbocycles. The molecule has 0 N–H and O–H groups in total. The van der Waals surface area contributed by atoms with Gasteiger partial charge in [-0.15, -0.1) is 11.3 Å². The molecule has 0 spiro atoms. The summed E-state index contributed by atoms with van der Waals surface area (Å²) < 4.78 is 18.3. The maximum absolute atomic E-state index is 13.1. The quantitative estimate of drug-likeness (QED) is 0.764. The second-order valence-corrected chi connectivity index (χ2v) is 4.28. The van der Waals surface area contributed by atoms with Gasteiger partial charge in [-0.1, -0.05) is 0 Å². The lowest BCUT2D eigenvalue weighted by atomic mass is 10.1. The van der Waals surface area contributed by atoms with Crippen LogP contribution in [0.5, 0.6) is 5.75 Å². The van der Waals surface area contributed by atoms with Crippen LogP contribution in [0.2, 0.25) is 0 Å². The van der Waals surface area contributed by atoms with E-state index in [0.29, 0.717) is 16.2 Å². The van der Waals surface area contributed by atoms with Gasteiger partial charge in [0, 0.05) is 10.4 Å². The van der Waals surface area contributed by atoms with Crippen molar-refractivity contribution in [3.05, 3.63) is 41.0 Å². The van der Waals surface area contributed by atoms with Crippen LogP contribution in [0.3, 0.4) is 0 Å². The Morgan fingerprint density at radius 2 is 2.12 bits per heavy atom. The zero-order chi connectivity index (χ0) is 11.5. The Balaban J connectivity index is 2.53. The topological polar surface area (TPSA) is 26.3 Å². The van der Waals surface area contributed by atoms with Crippen LogP contribution in [0, 0.1) is 5.82 Å². The van der Waals surface area contributed by atoms with E-state index < -0.39 is 0 Å². The summed E-state index contributed by atoms with van der Waals surface area (Å²) in [5.41, 5.74) is 0.667. The molecular weight excluding hydrogens is 227 g/mol. The van der Waals surface area contributed by atoms with Gasteiger partial charge in [0.2, 0.25) is 0 Å². The second-order valence-electron chi connectivity index (χ2n) is 3.16. The van der Waals surface area contributed by atoms with Gasteiger partial charge in [0.15, 0.2) is 6.29 Å². The minimum atomic E-state index is -0.322. The number of carbonyl (C=O) groups is 1. The van der Waals surface area contributed by atoms with Gasteiger partial charge in [0.05, 0.1) is 12.0 Å². The molecule has 1 aromatic carbocycles. The van der Waals surface area contributed by atoms with E-state index in [1.807, 2.05) is 0 Å². The van der Waals surface area contributed by atoms with Crippen molar-refractivity contribution >= 4 is 17.6 Å². The molecule has 1 heterocycles. The molecule has 0 aliphatic rings. The Morgan fingerprint density at radius 1 is 1.31 bits per heavy atom. The third kappa shape index (κ3) is 1.97. The van der Waals surface area contributed by atoms with E-state index in [2.05, 4.69) is 0 Å². The smallest absolute Gasteiger partial charge is 0.160 e. The van der Waals surface area contributed by atoms with Crippen molar-refractivity contribution in [2.75, 3.05) is 7.11 Å². The Labute approximate surface area is 96.3 Å². The fraction of sp³-hybridized carbons (Fsp3) is 0.0833. The molecule has 0 aliphatic heterocycles. The lowest BCUT2D eigenvalue weighted by Gasteiger charge is -2.06. The molecule has 82 valence electrons. The first kappa shape index (κ1) is 10.8. The number of rotatable bonds is 3. The summed E-state index contributed by atoms with van der Waals surface area (Å²) in [6, 6.07) is 7.81. The number of benzene rings is 1. The molecule has 2 rings (SSSR count). The van der Waals surface area contributed by atoms with Gasteiger partial charge < -0.3 is 4.74 Å². The second kappa shape index (κ2) is 4.45. The van der Waals surface area contributed by atoms with Crippen molar-refractivity contribution in [3.8, 4) is 16.2 Å². The first-order valence-electron chi connectivity index (χ1n) is 4.63. The van der Waals surface area contributed by atoms with E-state index in [-0.39, 0.29) is 5.82 Å². The maximum Gasteiger partial charge on any atom is 0.160 e. The minimum Gasteiger partial charge on any atom is -0.496 e. The van der Waals surface area contributed by atoms with Gasteiger partial charge in [-0.3, -0.25) is 4.79 Å². The van der Waals surface area contributed by atoms with Crippen LogP contribution >= 0.6 is 11.3 Å². The van der Waals surface area contributed by atoms with Crippen LogP contribution in [0.4, 0.5) is 4.39 Å². The average molecular weight is 236 g/mol. The number of hydrogen-bond acceptors (Lipinski definition) is 3. The fourth-order valence-electron chi connectivity index (χ4n) is 1.43. The molecular formula is C12H9FO2S. The number of halogens is 1. The summed E-state index contributed by atoms with van der Waals surface area (Å²) in [4.78, 5) is 12.0. The summed E-state index contributed by atoms with van der Waals surface area (Å²) >= 11 is 1.31. The highest BCUT2D eigenvalue weighted by Gasteiger charge is 2.09. The molecule has 16 heavy (non-hydrogen) atoms. The number of ether oxygens (including phenoxy) is 1. The standard InChI is InChI=1S/C12H9FO2S/c1-15-11-4-2-8(13)6-10(11)12-5-3-9(7-14)16-12/h2-7H,1H3. The number of hydrogen-bond donors (Lipinski definition) is 0. The van der Waals surface area contributed by atoms with E-state index in [1.165, 1.54) is 30.6 Å². The zero-order valence-corrected chi connectivity index (χ0v) is 9.38. The Hall–Kier alpha value is -1.68. The van der Waals surface area contributed by atoms with E-state index in [9.17, 15) is 9.18 Å². The molecule has 0 radical (unpaired) electrons. The first-order valence-corrected chi connectivity index (χ1v) is 5.45. The first-order chi connectivity index (χ1) is 7.74. The van der Waals surface area contributed by atoms with Crippen LogP contribution in [0.25, 0.3) is 10.4 Å². The minimum absolute atomic E-state index is 0.322. The third-order valence-electron chi connectivity index (χ3n) is 2.17. The molecule has 2 nitrogen and oxygen atoms in total. The molecule has 0 saturated heterocycles. The molecule has 0 saturated carbocycles. The lowest BCUT2D eigenvalue weighted by molar-refractivity contribution is 0.112. The van der Waals surface area contributed by atoms with Crippen molar-refractivity contribution in [3.63, 3.8) is 0 Å². The SMILES string of the molecule is COc1ccc(F)cc1-c1ccc(C=O)s1. The van der Waals surface area contributed by atoms with Gasteiger partial charge in [0.1, 0.15) is 11.6 Å². The third-order valence-corrected chi connectivity index (χ3v) is 3.21. The summed E-state index contributed by atoms with van der Waals surface area (Å²) in [5, 5.41) is 0. The van der Waals surface area contributed by atoms with Crippen molar-refractivity contribution in [2.45, 2.75) is 0 Å². The van der Waals surface area contributed by atoms with E-state index in [4.69, 9.17) is 4.74 Å². The van der Waals surface area contributed by atoms with E-state index in [0.717, 1.165) is 11.2 Å². The Bertz CT molecular complexity index is 519.